The highest BCUT2D eigenvalue weighted by Crippen LogP contribution is 2.33. The Morgan fingerprint density at radius 2 is 1.68 bits per heavy atom. The molecule has 112 valence electrons. The molecular formula is C14H28N2O2S. The van der Waals surface area contributed by atoms with Crippen LogP contribution in [0.4, 0.5) is 0 Å². The molecule has 2 rings (SSSR count). The zero-order valence-electron chi connectivity index (χ0n) is 12.4. The summed E-state index contributed by atoms with van der Waals surface area (Å²) in [5, 5.41) is 3.21. The average Bonchev–Trinajstić information content (AvgIpc) is 2.87. The Balaban J connectivity index is 1.98. The molecule has 2 aliphatic carbocycles. The molecule has 5 heteroatoms. The summed E-state index contributed by atoms with van der Waals surface area (Å²) in [4.78, 5) is 2.38. The van der Waals surface area contributed by atoms with Crippen molar-refractivity contribution in [3.63, 3.8) is 0 Å². The second kappa shape index (κ2) is 6.10. The molecule has 19 heavy (non-hydrogen) atoms. The van der Waals surface area contributed by atoms with Gasteiger partial charge < -0.3 is 5.32 Å². The van der Waals surface area contributed by atoms with Crippen molar-refractivity contribution in [2.45, 2.75) is 68.3 Å². The zero-order chi connectivity index (χ0) is 14.0. The van der Waals surface area contributed by atoms with Crippen molar-refractivity contribution in [2.75, 3.05) is 20.4 Å². The van der Waals surface area contributed by atoms with Crippen LogP contribution in [-0.4, -0.2) is 57.0 Å². The molecule has 0 bridgehead atoms. The third kappa shape index (κ3) is 3.50. The van der Waals surface area contributed by atoms with E-state index in [0.29, 0.717) is 12.1 Å². The van der Waals surface area contributed by atoms with E-state index in [1.165, 1.54) is 31.9 Å². The molecule has 0 amide bonds. The molecule has 0 aromatic heterocycles. The van der Waals surface area contributed by atoms with Crippen LogP contribution in [-0.2, 0) is 9.84 Å². The Morgan fingerprint density at radius 3 is 2.21 bits per heavy atom. The summed E-state index contributed by atoms with van der Waals surface area (Å²) in [6, 6.07) is 1.46. The second-order valence-electron chi connectivity index (χ2n) is 6.33. The molecule has 0 spiro atoms. The van der Waals surface area contributed by atoms with Gasteiger partial charge in [0.1, 0.15) is 0 Å². The Hall–Kier alpha value is -0.130. The van der Waals surface area contributed by atoms with Crippen LogP contribution in [0.3, 0.4) is 0 Å². The summed E-state index contributed by atoms with van der Waals surface area (Å²) in [6.45, 7) is 0. The van der Waals surface area contributed by atoms with Gasteiger partial charge in [0.05, 0.1) is 5.25 Å². The Labute approximate surface area is 117 Å². The van der Waals surface area contributed by atoms with Crippen molar-refractivity contribution in [2.24, 2.45) is 0 Å². The smallest absolute Gasteiger partial charge is 0.151 e. The van der Waals surface area contributed by atoms with E-state index in [0.717, 1.165) is 19.3 Å². The molecule has 0 aliphatic heterocycles. The number of hydrogen-bond acceptors (Lipinski definition) is 4. The number of sulfone groups is 1. The van der Waals surface area contributed by atoms with Gasteiger partial charge in [-0.3, -0.25) is 4.90 Å². The standard InChI is InChI=1S/C14H28N2O2S/c1-15-11-7-9-12(10-8-11)16(2)13-5-4-6-14(13)19(3,17)18/h11-15H,4-10H2,1-3H3. The van der Waals surface area contributed by atoms with Gasteiger partial charge in [-0.2, -0.15) is 0 Å². The van der Waals surface area contributed by atoms with Gasteiger partial charge in [-0.25, -0.2) is 8.42 Å². The maximum absolute atomic E-state index is 11.9. The van der Waals surface area contributed by atoms with Gasteiger partial charge in [-0.1, -0.05) is 6.42 Å². The van der Waals surface area contributed by atoms with Gasteiger partial charge in [0.2, 0.25) is 0 Å². The normalized spacial score (nSPS) is 36.8. The molecule has 0 saturated heterocycles. The van der Waals surface area contributed by atoms with Gasteiger partial charge in [-0.15, -0.1) is 0 Å². The summed E-state index contributed by atoms with van der Waals surface area (Å²) in [6.07, 6.45) is 9.15. The SMILES string of the molecule is CNC1CCC(N(C)C2CCCC2S(C)(=O)=O)CC1. The Kier molecular flexibility index (Phi) is 4.90. The molecule has 0 aromatic carbocycles. The molecule has 2 aliphatic rings. The van der Waals surface area contributed by atoms with E-state index in [2.05, 4.69) is 17.3 Å². The highest BCUT2D eigenvalue weighted by atomic mass is 32.2. The quantitative estimate of drug-likeness (QED) is 0.850. The molecule has 1 N–H and O–H groups in total. The largest absolute Gasteiger partial charge is 0.317 e. The van der Waals surface area contributed by atoms with Gasteiger partial charge in [-0.05, 0) is 52.6 Å². The Morgan fingerprint density at radius 1 is 1.05 bits per heavy atom. The summed E-state index contributed by atoms with van der Waals surface area (Å²) < 4.78 is 23.8. The fraction of sp³-hybridized carbons (Fsp3) is 1.00. The van der Waals surface area contributed by atoms with Crippen molar-refractivity contribution in [1.82, 2.24) is 10.2 Å². The molecule has 4 nitrogen and oxygen atoms in total. The van der Waals surface area contributed by atoms with E-state index in [4.69, 9.17) is 0 Å². The number of nitrogens with zero attached hydrogens (tertiary/aromatic N) is 1. The Bertz CT molecular complexity index is 388. The monoisotopic (exact) mass is 288 g/mol. The van der Waals surface area contributed by atoms with Crippen LogP contribution in [0.2, 0.25) is 0 Å². The first-order valence-corrected chi connectivity index (χ1v) is 9.47. The zero-order valence-corrected chi connectivity index (χ0v) is 13.2. The summed E-state index contributed by atoms with van der Waals surface area (Å²) >= 11 is 0. The van der Waals surface area contributed by atoms with E-state index in [1.54, 1.807) is 0 Å². The molecular weight excluding hydrogens is 260 g/mol. The summed E-state index contributed by atoms with van der Waals surface area (Å²) in [5.41, 5.74) is 0. The van der Waals surface area contributed by atoms with Gasteiger partial charge in [0.15, 0.2) is 9.84 Å². The van der Waals surface area contributed by atoms with Gasteiger partial charge >= 0.3 is 0 Å². The lowest BCUT2D eigenvalue weighted by molar-refractivity contribution is 0.131. The first-order valence-electron chi connectivity index (χ1n) is 7.51. The third-order valence-electron chi connectivity index (χ3n) is 5.17. The van der Waals surface area contributed by atoms with Crippen LogP contribution in [0.5, 0.6) is 0 Å². The summed E-state index contributed by atoms with van der Waals surface area (Å²) in [7, 11) is 1.27. The lowest BCUT2D eigenvalue weighted by Crippen LogP contribution is -2.48. The maximum Gasteiger partial charge on any atom is 0.151 e. The molecule has 2 saturated carbocycles. The lowest BCUT2D eigenvalue weighted by atomic mass is 9.89. The maximum atomic E-state index is 11.9. The minimum atomic E-state index is -2.90. The van der Waals surface area contributed by atoms with Crippen LogP contribution in [0.25, 0.3) is 0 Å². The van der Waals surface area contributed by atoms with Gasteiger partial charge in [0, 0.05) is 24.4 Å². The van der Waals surface area contributed by atoms with Crippen molar-refractivity contribution in [3.8, 4) is 0 Å². The van der Waals surface area contributed by atoms with Crippen molar-refractivity contribution in [3.05, 3.63) is 0 Å². The molecule has 2 fully saturated rings. The van der Waals surface area contributed by atoms with E-state index in [9.17, 15) is 8.42 Å². The van der Waals surface area contributed by atoms with Crippen LogP contribution in [0.15, 0.2) is 0 Å². The number of rotatable bonds is 4. The lowest BCUT2D eigenvalue weighted by Gasteiger charge is -2.39. The van der Waals surface area contributed by atoms with Crippen LogP contribution >= 0.6 is 0 Å². The highest BCUT2D eigenvalue weighted by Gasteiger charge is 2.39. The fourth-order valence-electron chi connectivity index (χ4n) is 3.91. The fourth-order valence-corrected chi connectivity index (χ4v) is 5.41. The minimum Gasteiger partial charge on any atom is -0.317 e. The first-order chi connectivity index (χ1) is 8.93. The molecule has 2 atom stereocenters. The number of nitrogens with one attached hydrogen (secondary N) is 1. The second-order valence-corrected chi connectivity index (χ2v) is 8.59. The molecule has 2 unspecified atom stereocenters. The molecule has 0 radical (unpaired) electrons. The van der Waals surface area contributed by atoms with Gasteiger partial charge in [0.25, 0.3) is 0 Å². The third-order valence-corrected chi connectivity index (χ3v) is 6.82. The minimum absolute atomic E-state index is 0.139. The topological polar surface area (TPSA) is 49.4 Å². The number of hydrogen-bond donors (Lipinski definition) is 1. The van der Waals surface area contributed by atoms with E-state index >= 15 is 0 Å². The van der Waals surface area contributed by atoms with Crippen molar-refractivity contribution < 1.29 is 8.42 Å². The van der Waals surface area contributed by atoms with Crippen LogP contribution in [0, 0.1) is 0 Å². The molecule has 0 heterocycles. The summed E-state index contributed by atoms with van der Waals surface area (Å²) in [5.74, 6) is 0. The van der Waals surface area contributed by atoms with E-state index < -0.39 is 9.84 Å². The first kappa shape index (κ1) is 15.3. The highest BCUT2D eigenvalue weighted by molar-refractivity contribution is 7.91. The van der Waals surface area contributed by atoms with Crippen LogP contribution in [0.1, 0.15) is 44.9 Å². The molecule has 0 aromatic rings. The van der Waals surface area contributed by atoms with Crippen LogP contribution < -0.4 is 5.32 Å². The predicted octanol–water partition coefficient (Wildman–Crippen LogP) is 1.41. The average molecular weight is 288 g/mol. The van der Waals surface area contributed by atoms with E-state index in [-0.39, 0.29) is 11.3 Å². The van der Waals surface area contributed by atoms with Crippen molar-refractivity contribution >= 4 is 9.84 Å². The van der Waals surface area contributed by atoms with Crippen molar-refractivity contribution in [1.29, 1.82) is 0 Å². The van der Waals surface area contributed by atoms with E-state index in [1.807, 2.05) is 7.05 Å². The predicted molar refractivity (Wildman–Crippen MR) is 79.1 cm³/mol.